The first kappa shape index (κ1) is 31.0. The second kappa shape index (κ2) is 13.1. The summed E-state index contributed by atoms with van der Waals surface area (Å²) in [6.07, 6.45) is 6.38. The van der Waals surface area contributed by atoms with Crippen LogP contribution in [-0.2, 0) is 23.4 Å². The van der Waals surface area contributed by atoms with Gasteiger partial charge in [0.1, 0.15) is 11.4 Å². The maximum atomic E-state index is 14.1. The van der Waals surface area contributed by atoms with Crippen LogP contribution in [0.2, 0.25) is 0 Å². The Labute approximate surface area is 261 Å². The number of hydrogen-bond acceptors (Lipinski definition) is 7. The predicted octanol–water partition coefficient (Wildman–Crippen LogP) is 8.07. The van der Waals surface area contributed by atoms with Crippen molar-refractivity contribution in [2.24, 2.45) is 0 Å². The minimum atomic E-state index is -4.72. The van der Waals surface area contributed by atoms with Gasteiger partial charge in [-0.25, -0.2) is 4.98 Å². The third-order valence-corrected chi connectivity index (χ3v) is 9.26. The number of benzene rings is 2. The van der Waals surface area contributed by atoms with Crippen molar-refractivity contribution in [3.05, 3.63) is 77.2 Å². The number of hydrogen-bond donors (Lipinski definition) is 2. The number of nitrogens with one attached hydrogen (secondary N) is 2. The predicted molar refractivity (Wildman–Crippen MR) is 169 cm³/mol. The zero-order valence-electron chi connectivity index (χ0n) is 25.1. The normalized spacial score (nSPS) is 15.7. The largest absolute Gasteiger partial charge is 0.421 e. The summed E-state index contributed by atoms with van der Waals surface area (Å²) in [5.41, 5.74) is 3.69. The van der Waals surface area contributed by atoms with Gasteiger partial charge in [0.15, 0.2) is 0 Å². The molecule has 9 nitrogen and oxygen atoms in total. The number of fused-ring (bicyclic) bond motifs is 1. The average molecular weight is 638 g/mol. The van der Waals surface area contributed by atoms with Crippen molar-refractivity contribution in [3.8, 4) is 11.1 Å². The summed E-state index contributed by atoms with van der Waals surface area (Å²) in [6.45, 7) is 2.93. The number of halogens is 3. The fraction of sp³-hybridized carbons (Fsp3) is 0.375. The minimum absolute atomic E-state index is 0.0127. The maximum absolute atomic E-state index is 14.1. The zero-order chi connectivity index (χ0) is 31.6. The van der Waals surface area contributed by atoms with Gasteiger partial charge in [-0.1, -0.05) is 37.5 Å². The van der Waals surface area contributed by atoms with Gasteiger partial charge in [-0.05, 0) is 54.7 Å². The maximum Gasteiger partial charge on any atom is 0.421 e. The van der Waals surface area contributed by atoms with Gasteiger partial charge in [0.2, 0.25) is 5.95 Å². The van der Waals surface area contributed by atoms with Crippen LogP contribution in [0.1, 0.15) is 72.1 Å². The van der Waals surface area contributed by atoms with Crippen LogP contribution in [0.25, 0.3) is 11.1 Å². The lowest BCUT2D eigenvalue weighted by Gasteiger charge is -2.21. The molecule has 0 saturated heterocycles. The van der Waals surface area contributed by atoms with E-state index in [-0.39, 0.29) is 17.5 Å². The molecule has 6 rings (SSSR count). The Balaban J connectivity index is 1.29. The quantitative estimate of drug-likeness (QED) is 0.134. The Morgan fingerprint density at radius 1 is 1.04 bits per heavy atom. The van der Waals surface area contributed by atoms with Gasteiger partial charge in [0.05, 0.1) is 23.5 Å². The van der Waals surface area contributed by atoms with E-state index in [1.165, 1.54) is 19.3 Å². The summed E-state index contributed by atoms with van der Waals surface area (Å²) in [5, 5.41) is 10.4. The molecule has 3 heterocycles. The molecule has 2 N–H and O–H groups in total. The molecule has 0 radical (unpaired) electrons. The molecular weight excluding hydrogens is 602 g/mol. The van der Waals surface area contributed by atoms with Crippen molar-refractivity contribution < 1.29 is 22.5 Å². The number of amides is 1. The number of carbonyl (C=O) groups excluding carboxylic acids is 1. The van der Waals surface area contributed by atoms with Crippen LogP contribution < -0.4 is 10.6 Å². The summed E-state index contributed by atoms with van der Waals surface area (Å²) in [6, 6.07) is 11.3. The van der Waals surface area contributed by atoms with Crippen molar-refractivity contribution in [1.82, 2.24) is 24.6 Å². The molecular formula is C32H35F3N7O2P. The smallest absolute Gasteiger partial charge is 0.362 e. The third kappa shape index (κ3) is 6.82. The molecule has 2 aliphatic rings. The number of nitrogens with zero attached hydrogens (tertiary/aromatic N) is 5. The van der Waals surface area contributed by atoms with Crippen LogP contribution in [0.3, 0.4) is 0 Å². The standard InChI is InChI=1S/C32H35F3N7O2P/c1-3-44-45-19-20-9-11-22(12-10-20)38-31-36-16-26(32(33,34)35)29(40-31)39-27-14-13-24(25-18-41(2)30(43)28(25)27)21-15-37-42(17-21)23-7-5-4-6-8-23/h9-17,23,45H,3-8,18-19H2,1-2H3,(H2,36,38,39,40). The van der Waals surface area contributed by atoms with Gasteiger partial charge in [0, 0.05) is 58.8 Å². The van der Waals surface area contributed by atoms with Crippen molar-refractivity contribution in [2.45, 2.75) is 64.0 Å². The number of aromatic nitrogens is 4. The van der Waals surface area contributed by atoms with Crippen LogP contribution in [0.15, 0.2) is 55.0 Å². The molecule has 1 fully saturated rings. The molecule has 13 heteroatoms. The second-order valence-corrected chi connectivity index (χ2v) is 12.3. The summed E-state index contributed by atoms with van der Waals surface area (Å²) in [4.78, 5) is 23.0. The Hall–Kier alpha value is -4.02. The van der Waals surface area contributed by atoms with Crippen molar-refractivity contribution in [3.63, 3.8) is 0 Å². The summed E-state index contributed by atoms with van der Waals surface area (Å²) in [5.74, 6) is -0.738. The van der Waals surface area contributed by atoms with Crippen molar-refractivity contribution in [2.75, 3.05) is 24.3 Å². The fourth-order valence-corrected chi connectivity index (χ4v) is 6.61. The second-order valence-electron chi connectivity index (χ2n) is 11.3. The Morgan fingerprint density at radius 3 is 2.56 bits per heavy atom. The van der Waals surface area contributed by atoms with Gasteiger partial charge in [-0.3, -0.25) is 9.48 Å². The first-order valence-electron chi connectivity index (χ1n) is 15.1. The highest BCUT2D eigenvalue weighted by atomic mass is 31.1. The van der Waals surface area contributed by atoms with Crippen molar-refractivity contribution in [1.29, 1.82) is 0 Å². The van der Waals surface area contributed by atoms with E-state index in [9.17, 15) is 18.0 Å². The molecule has 1 amide bonds. The summed E-state index contributed by atoms with van der Waals surface area (Å²) >= 11 is 0. The molecule has 0 bridgehead atoms. The molecule has 0 spiro atoms. The van der Waals surface area contributed by atoms with Crippen LogP contribution in [0, 0.1) is 0 Å². The van der Waals surface area contributed by atoms with E-state index in [2.05, 4.69) is 25.7 Å². The van der Waals surface area contributed by atoms with Crippen LogP contribution in [0.5, 0.6) is 0 Å². The summed E-state index contributed by atoms with van der Waals surface area (Å²) < 4.78 is 49.7. The topological polar surface area (TPSA) is 97.2 Å². The average Bonchev–Trinajstić information content (AvgIpc) is 3.63. The molecule has 236 valence electrons. The fourth-order valence-electron chi connectivity index (χ4n) is 5.90. The molecule has 1 atom stereocenters. The van der Waals surface area contributed by atoms with Crippen LogP contribution >= 0.6 is 8.81 Å². The molecule has 2 aromatic heterocycles. The van der Waals surface area contributed by atoms with E-state index in [0.717, 1.165) is 47.5 Å². The van der Waals surface area contributed by atoms with E-state index in [0.29, 0.717) is 39.3 Å². The highest BCUT2D eigenvalue weighted by Gasteiger charge is 2.37. The molecule has 1 aliphatic carbocycles. The monoisotopic (exact) mass is 637 g/mol. The molecule has 1 unspecified atom stereocenters. The lowest BCUT2D eigenvalue weighted by molar-refractivity contribution is -0.137. The first-order chi connectivity index (χ1) is 21.7. The lowest BCUT2D eigenvalue weighted by Crippen LogP contribution is -2.18. The van der Waals surface area contributed by atoms with Crippen molar-refractivity contribution >= 4 is 37.9 Å². The SMILES string of the molecule is CCOPCc1ccc(Nc2ncc(C(F)(F)F)c(Nc3ccc(-c4cnn(C5CCCCC5)c4)c4c3C(=O)N(C)C4)n2)cc1. The van der Waals surface area contributed by atoms with Gasteiger partial charge in [0.25, 0.3) is 5.91 Å². The van der Waals surface area contributed by atoms with Gasteiger partial charge in [-0.15, -0.1) is 0 Å². The molecule has 4 aromatic rings. The number of carbonyl (C=O) groups is 1. The first-order valence-corrected chi connectivity index (χ1v) is 16.2. The molecule has 2 aromatic carbocycles. The van der Waals surface area contributed by atoms with Gasteiger partial charge in [-0.2, -0.15) is 23.3 Å². The highest BCUT2D eigenvalue weighted by Crippen LogP contribution is 2.41. The van der Waals surface area contributed by atoms with E-state index in [4.69, 9.17) is 4.52 Å². The zero-order valence-corrected chi connectivity index (χ0v) is 26.1. The van der Waals surface area contributed by atoms with Crippen LogP contribution in [0.4, 0.5) is 36.3 Å². The number of anilines is 4. The van der Waals surface area contributed by atoms with E-state index < -0.39 is 17.6 Å². The molecule has 1 saturated carbocycles. The molecule has 1 aliphatic heterocycles. The summed E-state index contributed by atoms with van der Waals surface area (Å²) in [7, 11) is 2.04. The Bertz CT molecular complexity index is 1670. The van der Waals surface area contributed by atoms with E-state index in [1.54, 1.807) is 24.2 Å². The van der Waals surface area contributed by atoms with Gasteiger partial charge < -0.3 is 20.1 Å². The van der Waals surface area contributed by atoms with Gasteiger partial charge >= 0.3 is 6.18 Å². The highest BCUT2D eigenvalue weighted by molar-refractivity contribution is 7.31. The number of rotatable bonds is 10. The Kier molecular flexibility index (Phi) is 9.05. The van der Waals surface area contributed by atoms with E-state index >= 15 is 0 Å². The van der Waals surface area contributed by atoms with Crippen LogP contribution in [-0.4, -0.2) is 44.2 Å². The minimum Gasteiger partial charge on any atom is -0.362 e. The third-order valence-electron chi connectivity index (χ3n) is 8.21. The number of alkyl halides is 3. The lowest BCUT2D eigenvalue weighted by atomic mass is 9.95. The molecule has 45 heavy (non-hydrogen) atoms. The van der Waals surface area contributed by atoms with E-state index in [1.807, 2.05) is 48.1 Å². The Morgan fingerprint density at radius 2 is 1.82 bits per heavy atom.